The van der Waals surface area contributed by atoms with Gasteiger partial charge in [0.25, 0.3) is 5.56 Å². The Morgan fingerprint density at radius 2 is 2.11 bits per heavy atom. The van der Waals surface area contributed by atoms with Gasteiger partial charge in [0.05, 0.1) is 22.5 Å². The first-order valence-electron chi connectivity index (χ1n) is 8.68. The maximum atomic E-state index is 13.1. The quantitative estimate of drug-likeness (QED) is 0.517. The number of esters is 1. The average molecular weight is 383 g/mol. The van der Waals surface area contributed by atoms with Crippen LogP contribution in [0.5, 0.6) is 0 Å². The van der Waals surface area contributed by atoms with Crippen LogP contribution in [0, 0.1) is 0 Å². The number of alkyl halides is 1. The normalized spacial score (nSPS) is 22.9. The summed E-state index contributed by atoms with van der Waals surface area (Å²) in [7, 11) is 0. The number of nitrogens with zero attached hydrogens (tertiary/aromatic N) is 2. The fourth-order valence-electron chi connectivity index (χ4n) is 3.94. The summed E-state index contributed by atoms with van der Waals surface area (Å²) in [6, 6.07) is 11.2. The zero-order valence-electron chi connectivity index (χ0n) is 14.4. The van der Waals surface area contributed by atoms with Crippen LogP contribution in [0.2, 0.25) is 0 Å². The van der Waals surface area contributed by atoms with Crippen molar-refractivity contribution in [1.82, 2.24) is 9.55 Å². The van der Waals surface area contributed by atoms with E-state index >= 15 is 0 Å². The van der Waals surface area contributed by atoms with Crippen molar-refractivity contribution in [2.45, 2.75) is 31.1 Å². The number of hydrogen-bond donors (Lipinski definition) is 1. The molecule has 0 spiro atoms. The number of halogens is 1. The Bertz CT molecular complexity index is 1200. The van der Waals surface area contributed by atoms with Gasteiger partial charge in [0.15, 0.2) is 5.60 Å². The molecule has 0 aliphatic carbocycles. The summed E-state index contributed by atoms with van der Waals surface area (Å²) in [5.41, 5.74) is 0.207. The Hall–Kier alpha value is -2.70. The van der Waals surface area contributed by atoms with E-state index in [1.165, 1.54) is 4.57 Å². The molecular weight excluding hydrogens is 368 g/mol. The largest absolute Gasteiger partial charge is 0.458 e. The van der Waals surface area contributed by atoms with Gasteiger partial charge >= 0.3 is 5.97 Å². The third-order valence-electron chi connectivity index (χ3n) is 5.46. The molecule has 1 unspecified atom stereocenters. The molecule has 136 valence electrons. The van der Waals surface area contributed by atoms with Crippen LogP contribution >= 0.6 is 11.6 Å². The average Bonchev–Trinajstić information content (AvgIpc) is 2.95. The molecule has 0 bridgehead atoms. The van der Waals surface area contributed by atoms with Gasteiger partial charge in [-0.1, -0.05) is 36.7 Å². The smallest absolute Gasteiger partial charge is 0.343 e. The molecule has 2 aliphatic heterocycles. The molecule has 5 rings (SSSR count). The second-order valence-corrected chi connectivity index (χ2v) is 7.26. The molecule has 0 saturated heterocycles. The number of benzene rings is 1. The second-order valence-electron chi connectivity index (χ2n) is 6.84. The summed E-state index contributed by atoms with van der Waals surface area (Å²) >= 11 is 6.61. The first kappa shape index (κ1) is 16.5. The minimum absolute atomic E-state index is 0.101. The van der Waals surface area contributed by atoms with Gasteiger partial charge in [-0.05, 0) is 24.6 Å². The minimum Gasteiger partial charge on any atom is -0.458 e. The van der Waals surface area contributed by atoms with Crippen molar-refractivity contribution in [1.29, 1.82) is 0 Å². The van der Waals surface area contributed by atoms with Crippen molar-refractivity contribution in [2.75, 3.05) is 0 Å². The third-order valence-corrected chi connectivity index (χ3v) is 5.89. The summed E-state index contributed by atoms with van der Waals surface area (Å²) in [6.45, 7) is 1.50. The Labute approximate surface area is 159 Å². The van der Waals surface area contributed by atoms with Crippen molar-refractivity contribution in [3.8, 4) is 11.4 Å². The van der Waals surface area contributed by atoms with Crippen LogP contribution in [0.4, 0.5) is 0 Å². The monoisotopic (exact) mass is 382 g/mol. The van der Waals surface area contributed by atoms with E-state index in [4.69, 9.17) is 16.3 Å². The van der Waals surface area contributed by atoms with Gasteiger partial charge in [-0.3, -0.25) is 9.36 Å². The van der Waals surface area contributed by atoms with Crippen LogP contribution in [0.3, 0.4) is 0 Å². The molecular formula is C20H15ClN2O4. The minimum atomic E-state index is -1.84. The standard InChI is InChI=1S/C20H15ClN2O4/c1-2-20(26)13-8-15-16-11(7-10-5-3-4-6-14(10)22-16)17(21)23(15)18(24)12(13)9-27-19(20)25/h3-8,17,26H,2,9H2,1H3/t17?,20-/m0/s1. The Kier molecular flexibility index (Phi) is 3.30. The van der Waals surface area contributed by atoms with E-state index in [0.29, 0.717) is 11.4 Å². The van der Waals surface area contributed by atoms with E-state index in [-0.39, 0.29) is 29.7 Å². The van der Waals surface area contributed by atoms with E-state index in [1.54, 1.807) is 13.0 Å². The molecule has 6 nitrogen and oxygen atoms in total. The second kappa shape index (κ2) is 5.41. The van der Waals surface area contributed by atoms with Crippen molar-refractivity contribution in [2.24, 2.45) is 0 Å². The molecule has 7 heteroatoms. The molecule has 2 aliphatic rings. The predicted octanol–water partition coefficient (Wildman–Crippen LogP) is 2.82. The van der Waals surface area contributed by atoms with Gasteiger partial charge in [-0.25, -0.2) is 9.78 Å². The number of carbonyl (C=O) groups is 1. The van der Waals surface area contributed by atoms with E-state index < -0.39 is 17.1 Å². The number of ether oxygens (including phenoxy) is 1. The molecule has 1 aromatic carbocycles. The molecule has 2 aromatic heterocycles. The van der Waals surface area contributed by atoms with Gasteiger partial charge in [-0.2, -0.15) is 0 Å². The fourth-order valence-corrected chi connectivity index (χ4v) is 4.30. The van der Waals surface area contributed by atoms with Crippen LogP contribution in [-0.2, 0) is 21.7 Å². The molecule has 0 amide bonds. The van der Waals surface area contributed by atoms with Crippen molar-refractivity contribution >= 4 is 28.5 Å². The lowest BCUT2D eigenvalue weighted by Gasteiger charge is -2.31. The summed E-state index contributed by atoms with van der Waals surface area (Å²) < 4.78 is 6.52. The molecule has 0 fully saturated rings. The number of aromatic nitrogens is 2. The number of carbonyl (C=O) groups excluding carboxylic acids is 1. The zero-order chi connectivity index (χ0) is 18.9. The third kappa shape index (κ3) is 2.02. The number of para-hydroxylation sites is 1. The fraction of sp³-hybridized carbons (Fsp3) is 0.250. The number of aliphatic hydroxyl groups is 1. The van der Waals surface area contributed by atoms with Crippen LogP contribution in [0.25, 0.3) is 22.3 Å². The highest BCUT2D eigenvalue weighted by Gasteiger charge is 2.46. The summed E-state index contributed by atoms with van der Waals surface area (Å²) in [4.78, 5) is 30.0. The lowest BCUT2D eigenvalue weighted by molar-refractivity contribution is -0.172. The Morgan fingerprint density at radius 1 is 1.33 bits per heavy atom. The van der Waals surface area contributed by atoms with Crippen LogP contribution in [0.1, 0.15) is 35.5 Å². The maximum absolute atomic E-state index is 13.1. The molecule has 1 N–H and O–H groups in total. The summed E-state index contributed by atoms with van der Waals surface area (Å²) in [5, 5.41) is 11.8. The molecule has 27 heavy (non-hydrogen) atoms. The molecule has 0 saturated carbocycles. The van der Waals surface area contributed by atoms with E-state index in [0.717, 1.165) is 16.5 Å². The van der Waals surface area contributed by atoms with Crippen LogP contribution in [0.15, 0.2) is 41.2 Å². The van der Waals surface area contributed by atoms with Gasteiger partial charge in [0.1, 0.15) is 12.1 Å². The van der Waals surface area contributed by atoms with Gasteiger partial charge in [0.2, 0.25) is 0 Å². The summed E-state index contributed by atoms with van der Waals surface area (Å²) in [5.74, 6) is -0.742. The molecule has 4 heterocycles. The Morgan fingerprint density at radius 3 is 2.89 bits per heavy atom. The molecule has 3 aromatic rings. The molecule has 0 radical (unpaired) electrons. The SMILES string of the molecule is CC[C@@]1(O)C(=O)OCc2c1cc1n(c2=O)C(Cl)c2cc3ccccc3nc2-1. The Balaban J connectivity index is 1.85. The van der Waals surface area contributed by atoms with Crippen molar-refractivity contribution < 1.29 is 14.6 Å². The number of fused-ring (bicyclic) bond motifs is 5. The number of pyridine rings is 2. The lowest BCUT2D eigenvalue weighted by atomic mass is 9.86. The van der Waals surface area contributed by atoms with Crippen molar-refractivity contribution in [3.05, 3.63) is 63.4 Å². The van der Waals surface area contributed by atoms with Crippen LogP contribution in [-0.4, -0.2) is 20.6 Å². The van der Waals surface area contributed by atoms with Gasteiger partial charge < -0.3 is 9.84 Å². The van der Waals surface area contributed by atoms with E-state index in [9.17, 15) is 14.7 Å². The summed E-state index contributed by atoms with van der Waals surface area (Å²) in [6.07, 6.45) is 0.101. The molecule has 2 atom stereocenters. The van der Waals surface area contributed by atoms with Gasteiger partial charge in [-0.15, -0.1) is 0 Å². The highest BCUT2D eigenvalue weighted by Crippen LogP contribution is 2.43. The van der Waals surface area contributed by atoms with Gasteiger partial charge in [0, 0.05) is 16.5 Å². The van der Waals surface area contributed by atoms with E-state index in [2.05, 4.69) is 4.98 Å². The highest BCUT2D eigenvalue weighted by atomic mass is 35.5. The predicted molar refractivity (Wildman–Crippen MR) is 99.4 cm³/mol. The lowest BCUT2D eigenvalue weighted by Crippen LogP contribution is -2.44. The first-order valence-corrected chi connectivity index (χ1v) is 9.12. The maximum Gasteiger partial charge on any atom is 0.343 e. The van der Waals surface area contributed by atoms with Crippen molar-refractivity contribution in [3.63, 3.8) is 0 Å². The highest BCUT2D eigenvalue weighted by molar-refractivity contribution is 6.22. The van der Waals surface area contributed by atoms with E-state index in [1.807, 2.05) is 30.3 Å². The number of hydrogen-bond acceptors (Lipinski definition) is 5. The topological polar surface area (TPSA) is 81.4 Å². The number of rotatable bonds is 1. The number of cyclic esters (lactones) is 1. The first-order chi connectivity index (χ1) is 13.0. The zero-order valence-corrected chi connectivity index (χ0v) is 15.2. The van der Waals surface area contributed by atoms with Crippen LogP contribution < -0.4 is 5.56 Å².